The number of anilines is 1. The highest BCUT2D eigenvalue weighted by Gasteiger charge is 2.18. The summed E-state index contributed by atoms with van der Waals surface area (Å²) in [6.07, 6.45) is 0. The summed E-state index contributed by atoms with van der Waals surface area (Å²) in [5, 5.41) is 6.62. The van der Waals surface area contributed by atoms with Crippen molar-refractivity contribution in [2.45, 2.75) is 24.5 Å². The molecule has 1 aromatic heterocycles. The molecule has 0 spiro atoms. The number of thioether (sulfide) groups is 1. The van der Waals surface area contributed by atoms with Crippen molar-refractivity contribution < 1.29 is 28.3 Å². The summed E-state index contributed by atoms with van der Waals surface area (Å²) in [6, 6.07) is 12.2. The van der Waals surface area contributed by atoms with Crippen LogP contribution in [0.2, 0.25) is 0 Å². The summed E-state index contributed by atoms with van der Waals surface area (Å²) in [6.45, 7) is 3.48. The zero-order valence-electron chi connectivity index (χ0n) is 17.0. The fourth-order valence-electron chi connectivity index (χ4n) is 3.00. The van der Waals surface area contributed by atoms with Gasteiger partial charge in [-0.2, -0.15) is 0 Å². The van der Waals surface area contributed by atoms with E-state index >= 15 is 0 Å². The summed E-state index contributed by atoms with van der Waals surface area (Å²) < 4.78 is 20.9. The van der Waals surface area contributed by atoms with Crippen molar-refractivity contribution in [1.29, 1.82) is 0 Å². The van der Waals surface area contributed by atoms with Crippen LogP contribution in [-0.2, 0) is 15.3 Å². The highest BCUT2D eigenvalue weighted by molar-refractivity contribution is 7.98. The Bertz CT molecular complexity index is 1110. The standard InChI is InChI=1S/C22H20N2O6S/c1-13-17(14(2)30-24-13)11-31-20-6-4-3-5-16(20)22(26)27-10-21(25)23-15-7-8-18-19(9-15)29-12-28-18/h3-9H,10-12H2,1-2H3,(H,23,25). The molecule has 2 aromatic carbocycles. The molecular formula is C22H20N2O6S. The Hall–Kier alpha value is -3.46. The van der Waals surface area contributed by atoms with Gasteiger partial charge in [0.05, 0.1) is 11.3 Å². The van der Waals surface area contributed by atoms with Crippen LogP contribution < -0.4 is 14.8 Å². The first-order valence-corrected chi connectivity index (χ1v) is 10.5. The minimum Gasteiger partial charge on any atom is -0.454 e. The molecule has 0 saturated carbocycles. The number of esters is 1. The van der Waals surface area contributed by atoms with Gasteiger partial charge in [-0.25, -0.2) is 4.79 Å². The predicted octanol–water partition coefficient (Wildman–Crippen LogP) is 4.11. The number of hydrogen-bond acceptors (Lipinski definition) is 8. The maximum atomic E-state index is 12.6. The van der Waals surface area contributed by atoms with Crippen molar-refractivity contribution in [2.75, 3.05) is 18.7 Å². The second-order valence-electron chi connectivity index (χ2n) is 6.78. The van der Waals surface area contributed by atoms with E-state index in [1.54, 1.807) is 30.3 Å². The molecule has 160 valence electrons. The molecule has 0 atom stereocenters. The van der Waals surface area contributed by atoms with Crippen molar-refractivity contribution in [3.63, 3.8) is 0 Å². The van der Waals surface area contributed by atoms with Crippen LogP contribution >= 0.6 is 11.8 Å². The van der Waals surface area contributed by atoms with Gasteiger partial charge in [0.1, 0.15) is 5.76 Å². The Kier molecular flexibility index (Phi) is 6.13. The molecule has 1 amide bonds. The number of rotatable bonds is 7. The number of carbonyl (C=O) groups is 2. The lowest BCUT2D eigenvalue weighted by Crippen LogP contribution is -2.21. The van der Waals surface area contributed by atoms with Crippen LogP contribution in [0.3, 0.4) is 0 Å². The number of hydrogen-bond donors (Lipinski definition) is 1. The summed E-state index contributed by atoms with van der Waals surface area (Å²) >= 11 is 1.48. The maximum Gasteiger partial charge on any atom is 0.339 e. The van der Waals surface area contributed by atoms with Crippen LogP contribution in [0.5, 0.6) is 11.5 Å². The third-order valence-electron chi connectivity index (χ3n) is 4.65. The summed E-state index contributed by atoms with van der Waals surface area (Å²) in [4.78, 5) is 25.5. The molecule has 2 heterocycles. The third kappa shape index (κ3) is 4.83. The SMILES string of the molecule is Cc1noc(C)c1CSc1ccccc1C(=O)OCC(=O)Nc1ccc2c(c1)OCO2. The first-order valence-electron chi connectivity index (χ1n) is 9.51. The molecule has 9 heteroatoms. The molecule has 0 bridgehead atoms. The van der Waals surface area contributed by atoms with Crippen molar-refractivity contribution in [1.82, 2.24) is 5.16 Å². The Morgan fingerprint density at radius 3 is 2.74 bits per heavy atom. The average molecular weight is 440 g/mol. The van der Waals surface area contributed by atoms with Gasteiger partial charge in [-0.15, -0.1) is 11.8 Å². The number of benzene rings is 2. The van der Waals surface area contributed by atoms with E-state index in [0.717, 1.165) is 21.9 Å². The van der Waals surface area contributed by atoms with Crippen molar-refractivity contribution in [2.24, 2.45) is 0 Å². The van der Waals surface area contributed by atoms with Gasteiger partial charge in [0, 0.05) is 28.0 Å². The molecule has 0 unspecified atom stereocenters. The van der Waals surface area contributed by atoms with Crippen molar-refractivity contribution in [3.8, 4) is 11.5 Å². The molecule has 0 radical (unpaired) electrons. The van der Waals surface area contributed by atoms with Gasteiger partial charge in [-0.3, -0.25) is 4.79 Å². The van der Waals surface area contributed by atoms with E-state index in [-0.39, 0.29) is 6.79 Å². The van der Waals surface area contributed by atoms with Crippen molar-refractivity contribution in [3.05, 3.63) is 65.0 Å². The first kappa shape index (κ1) is 20.8. The maximum absolute atomic E-state index is 12.6. The normalized spacial score (nSPS) is 11.9. The van der Waals surface area contributed by atoms with E-state index in [2.05, 4.69) is 10.5 Å². The summed E-state index contributed by atoms with van der Waals surface area (Å²) in [7, 11) is 0. The zero-order valence-corrected chi connectivity index (χ0v) is 17.8. The number of amides is 1. The monoisotopic (exact) mass is 440 g/mol. The van der Waals surface area contributed by atoms with Gasteiger partial charge in [0.25, 0.3) is 5.91 Å². The van der Waals surface area contributed by atoms with Crippen LogP contribution in [0.15, 0.2) is 51.9 Å². The zero-order chi connectivity index (χ0) is 21.8. The lowest BCUT2D eigenvalue weighted by atomic mass is 10.2. The second-order valence-corrected chi connectivity index (χ2v) is 7.80. The number of aromatic nitrogens is 1. The van der Waals surface area contributed by atoms with Crippen LogP contribution in [0.4, 0.5) is 5.69 Å². The van der Waals surface area contributed by atoms with Crippen LogP contribution in [-0.4, -0.2) is 30.4 Å². The van der Waals surface area contributed by atoms with E-state index < -0.39 is 18.5 Å². The van der Waals surface area contributed by atoms with E-state index in [9.17, 15) is 9.59 Å². The molecule has 0 saturated heterocycles. The molecule has 1 N–H and O–H groups in total. The number of fused-ring (bicyclic) bond motifs is 1. The Labute approximate surface area is 182 Å². The van der Waals surface area contributed by atoms with Crippen LogP contribution in [0.25, 0.3) is 0 Å². The minimum atomic E-state index is -0.567. The van der Waals surface area contributed by atoms with Crippen LogP contribution in [0.1, 0.15) is 27.4 Å². The molecule has 1 aliphatic heterocycles. The lowest BCUT2D eigenvalue weighted by molar-refractivity contribution is -0.119. The van der Waals surface area contributed by atoms with Crippen molar-refractivity contribution >= 4 is 29.3 Å². The third-order valence-corrected chi connectivity index (χ3v) is 5.75. The molecule has 0 aliphatic carbocycles. The van der Waals surface area contributed by atoms with E-state index in [1.165, 1.54) is 11.8 Å². The van der Waals surface area contributed by atoms with Gasteiger partial charge < -0.3 is 24.1 Å². The average Bonchev–Trinajstić information content (AvgIpc) is 3.36. The quantitative estimate of drug-likeness (QED) is 0.433. The van der Waals surface area contributed by atoms with E-state index in [0.29, 0.717) is 28.5 Å². The summed E-state index contributed by atoms with van der Waals surface area (Å²) in [5.74, 6) is 1.52. The molecular weight excluding hydrogens is 420 g/mol. The van der Waals surface area contributed by atoms with E-state index in [4.69, 9.17) is 18.7 Å². The highest BCUT2D eigenvalue weighted by Crippen LogP contribution is 2.34. The number of aryl methyl sites for hydroxylation is 2. The molecule has 31 heavy (non-hydrogen) atoms. The fraction of sp³-hybridized carbons (Fsp3) is 0.227. The van der Waals surface area contributed by atoms with Gasteiger partial charge in [-0.05, 0) is 38.1 Å². The molecule has 1 aliphatic rings. The molecule has 3 aromatic rings. The highest BCUT2D eigenvalue weighted by atomic mass is 32.2. The number of nitrogens with zero attached hydrogens (tertiary/aromatic N) is 1. The van der Waals surface area contributed by atoms with Gasteiger partial charge in [-0.1, -0.05) is 17.3 Å². The Balaban J connectivity index is 1.34. The van der Waals surface area contributed by atoms with Crippen LogP contribution in [0, 0.1) is 13.8 Å². The number of ether oxygens (including phenoxy) is 3. The smallest absolute Gasteiger partial charge is 0.339 e. The first-order chi connectivity index (χ1) is 15.0. The van der Waals surface area contributed by atoms with Gasteiger partial charge in [0.15, 0.2) is 18.1 Å². The van der Waals surface area contributed by atoms with Gasteiger partial charge >= 0.3 is 5.97 Å². The fourth-order valence-corrected chi connectivity index (χ4v) is 4.19. The molecule has 4 rings (SSSR count). The predicted molar refractivity (Wildman–Crippen MR) is 113 cm³/mol. The number of carbonyl (C=O) groups excluding carboxylic acids is 2. The largest absolute Gasteiger partial charge is 0.454 e. The summed E-state index contributed by atoms with van der Waals surface area (Å²) in [5.41, 5.74) is 2.75. The minimum absolute atomic E-state index is 0.151. The lowest BCUT2D eigenvalue weighted by Gasteiger charge is -2.10. The second kappa shape index (κ2) is 9.13. The van der Waals surface area contributed by atoms with Gasteiger partial charge in [0.2, 0.25) is 6.79 Å². The number of nitrogens with one attached hydrogen (secondary N) is 1. The topological polar surface area (TPSA) is 99.9 Å². The molecule has 8 nitrogen and oxygen atoms in total. The Morgan fingerprint density at radius 2 is 1.94 bits per heavy atom. The molecule has 0 fully saturated rings. The Morgan fingerprint density at radius 1 is 1.13 bits per heavy atom. The van der Waals surface area contributed by atoms with E-state index in [1.807, 2.05) is 26.0 Å².